The van der Waals surface area contributed by atoms with Crippen molar-refractivity contribution in [3.05, 3.63) is 29.8 Å². The van der Waals surface area contributed by atoms with E-state index in [9.17, 15) is 0 Å². The summed E-state index contributed by atoms with van der Waals surface area (Å²) >= 11 is 6.14. The molecule has 0 amide bonds. The maximum atomic E-state index is 6.40. The standard InChI is InChI=1S/C19H23ClN6/c20-16-14(2-1-3-22-16)25-17-15(21)18(24-10-23-17)26-19-7-11-4-12(8-19)6-13(5-11)9-19/h1-3,10-13H,4-9,21H2,(H2,23,24,25,26). The highest BCUT2D eigenvalue weighted by atomic mass is 35.5. The van der Waals surface area contributed by atoms with Gasteiger partial charge in [0.05, 0.1) is 5.69 Å². The number of nitrogen functional groups attached to an aromatic ring is 1. The largest absolute Gasteiger partial charge is 0.393 e. The van der Waals surface area contributed by atoms with Gasteiger partial charge >= 0.3 is 0 Å². The molecule has 0 saturated heterocycles. The maximum Gasteiger partial charge on any atom is 0.159 e. The summed E-state index contributed by atoms with van der Waals surface area (Å²) < 4.78 is 0. The molecule has 136 valence electrons. The lowest BCUT2D eigenvalue weighted by Crippen LogP contribution is -2.55. The van der Waals surface area contributed by atoms with Crippen molar-refractivity contribution in [2.75, 3.05) is 16.4 Å². The third kappa shape index (κ3) is 2.76. The normalized spacial score (nSPS) is 31.8. The first-order chi connectivity index (χ1) is 12.6. The fourth-order valence-electron chi connectivity index (χ4n) is 5.72. The Morgan fingerprint density at radius 1 is 1.00 bits per heavy atom. The van der Waals surface area contributed by atoms with Gasteiger partial charge in [0.25, 0.3) is 0 Å². The van der Waals surface area contributed by atoms with E-state index in [1.165, 1.54) is 38.5 Å². The molecule has 0 aliphatic heterocycles. The molecule has 6 rings (SSSR count). The van der Waals surface area contributed by atoms with Gasteiger partial charge in [-0.15, -0.1) is 0 Å². The van der Waals surface area contributed by atoms with Crippen LogP contribution >= 0.6 is 11.6 Å². The highest BCUT2D eigenvalue weighted by molar-refractivity contribution is 6.32. The molecule has 0 atom stereocenters. The fraction of sp³-hybridized carbons (Fsp3) is 0.526. The zero-order valence-electron chi connectivity index (χ0n) is 14.6. The van der Waals surface area contributed by atoms with Crippen LogP contribution in [0.25, 0.3) is 0 Å². The van der Waals surface area contributed by atoms with Crippen LogP contribution in [0.1, 0.15) is 38.5 Å². The van der Waals surface area contributed by atoms with Gasteiger partial charge in [0, 0.05) is 11.7 Å². The van der Waals surface area contributed by atoms with Gasteiger partial charge < -0.3 is 16.4 Å². The van der Waals surface area contributed by atoms with Crippen LogP contribution in [-0.2, 0) is 0 Å². The minimum Gasteiger partial charge on any atom is -0.393 e. The van der Waals surface area contributed by atoms with Crippen LogP contribution in [0.15, 0.2) is 24.7 Å². The van der Waals surface area contributed by atoms with Crippen molar-refractivity contribution in [1.82, 2.24) is 15.0 Å². The number of halogens is 1. The summed E-state index contributed by atoms with van der Waals surface area (Å²) in [5.41, 5.74) is 7.76. The van der Waals surface area contributed by atoms with Gasteiger partial charge in [-0.05, 0) is 68.4 Å². The summed E-state index contributed by atoms with van der Waals surface area (Å²) in [6.45, 7) is 0. The van der Waals surface area contributed by atoms with Crippen molar-refractivity contribution in [3.8, 4) is 0 Å². The first-order valence-corrected chi connectivity index (χ1v) is 9.74. The summed E-state index contributed by atoms with van der Waals surface area (Å²) in [6, 6.07) is 3.67. The van der Waals surface area contributed by atoms with Crippen LogP contribution in [0.2, 0.25) is 5.15 Å². The quantitative estimate of drug-likeness (QED) is 0.698. The van der Waals surface area contributed by atoms with Gasteiger partial charge in [-0.3, -0.25) is 0 Å². The van der Waals surface area contributed by atoms with E-state index in [-0.39, 0.29) is 5.54 Å². The Kier molecular flexibility index (Phi) is 3.71. The molecule has 4 N–H and O–H groups in total. The Morgan fingerprint density at radius 2 is 1.65 bits per heavy atom. The van der Waals surface area contributed by atoms with Gasteiger partial charge in [-0.1, -0.05) is 11.6 Å². The summed E-state index contributed by atoms with van der Waals surface area (Å²) in [5, 5.41) is 7.30. The van der Waals surface area contributed by atoms with E-state index < -0.39 is 0 Å². The number of nitrogens with two attached hydrogens (primary N) is 1. The lowest BCUT2D eigenvalue weighted by Gasteiger charge is -2.57. The molecule has 4 aliphatic rings. The van der Waals surface area contributed by atoms with Crippen molar-refractivity contribution in [2.24, 2.45) is 17.8 Å². The first-order valence-electron chi connectivity index (χ1n) is 9.36. The van der Waals surface area contributed by atoms with E-state index in [0.717, 1.165) is 23.6 Å². The number of aromatic nitrogens is 3. The minimum absolute atomic E-state index is 0.153. The van der Waals surface area contributed by atoms with Crippen molar-refractivity contribution < 1.29 is 0 Å². The molecule has 0 spiro atoms. The van der Waals surface area contributed by atoms with Gasteiger partial charge in [-0.2, -0.15) is 0 Å². The van der Waals surface area contributed by atoms with Crippen LogP contribution in [0.4, 0.5) is 23.0 Å². The molecule has 0 unspecified atom stereocenters. The van der Waals surface area contributed by atoms with Gasteiger partial charge in [0.15, 0.2) is 16.8 Å². The van der Waals surface area contributed by atoms with E-state index in [2.05, 4.69) is 25.6 Å². The van der Waals surface area contributed by atoms with Crippen molar-refractivity contribution in [3.63, 3.8) is 0 Å². The summed E-state index contributed by atoms with van der Waals surface area (Å²) in [5.74, 6) is 3.88. The number of nitrogens with zero attached hydrogens (tertiary/aromatic N) is 3. The number of anilines is 4. The van der Waals surface area contributed by atoms with Crippen LogP contribution in [0.5, 0.6) is 0 Å². The van der Waals surface area contributed by atoms with Gasteiger partial charge in [-0.25, -0.2) is 15.0 Å². The molecule has 2 aromatic heterocycles. The summed E-state index contributed by atoms with van der Waals surface area (Å²) in [6.07, 6.45) is 11.1. The Labute approximate surface area is 158 Å². The number of hydrogen-bond acceptors (Lipinski definition) is 6. The van der Waals surface area contributed by atoms with Crippen molar-refractivity contribution >= 4 is 34.6 Å². The third-order valence-electron chi connectivity index (χ3n) is 6.32. The van der Waals surface area contributed by atoms with E-state index in [1.807, 2.05) is 12.1 Å². The molecule has 4 fully saturated rings. The van der Waals surface area contributed by atoms with Crippen molar-refractivity contribution in [2.45, 2.75) is 44.1 Å². The molecule has 0 radical (unpaired) electrons. The van der Waals surface area contributed by atoms with E-state index in [0.29, 0.717) is 22.3 Å². The molecule has 4 saturated carbocycles. The zero-order valence-corrected chi connectivity index (χ0v) is 15.3. The average Bonchev–Trinajstić information content (AvgIpc) is 2.59. The third-order valence-corrected chi connectivity index (χ3v) is 6.62. The fourth-order valence-corrected chi connectivity index (χ4v) is 5.88. The zero-order chi connectivity index (χ0) is 17.7. The molecular formula is C19H23ClN6. The summed E-state index contributed by atoms with van der Waals surface area (Å²) in [7, 11) is 0. The smallest absolute Gasteiger partial charge is 0.159 e. The first kappa shape index (κ1) is 16.1. The topological polar surface area (TPSA) is 88.8 Å². The molecular weight excluding hydrogens is 348 g/mol. The molecule has 6 nitrogen and oxygen atoms in total. The molecule has 4 bridgehead atoms. The Morgan fingerprint density at radius 3 is 2.31 bits per heavy atom. The predicted molar refractivity (Wildman–Crippen MR) is 103 cm³/mol. The van der Waals surface area contributed by atoms with Crippen LogP contribution in [0, 0.1) is 17.8 Å². The predicted octanol–water partition coefficient (Wildman–Crippen LogP) is 4.23. The number of hydrogen-bond donors (Lipinski definition) is 3. The Balaban J connectivity index is 1.41. The highest BCUT2D eigenvalue weighted by Crippen LogP contribution is 2.56. The molecule has 0 aromatic carbocycles. The van der Waals surface area contributed by atoms with E-state index >= 15 is 0 Å². The Hall–Kier alpha value is -2.08. The Bertz CT molecular complexity index is 803. The van der Waals surface area contributed by atoms with Crippen LogP contribution in [0.3, 0.4) is 0 Å². The van der Waals surface area contributed by atoms with E-state index in [1.54, 1.807) is 12.5 Å². The van der Waals surface area contributed by atoms with Gasteiger partial charge in [0.1, 0.15) is 12.0 Å². The number of pyridine rings is 1. The lowest BCUT2D eigenvalue weighted by molar-refractivity contribution is 0.0106. The molecule has 4 aliphatic carbocycles. The number of rotatable bonds is 4. The van der Waals surface area contributed by atoms with Crippen molar-refractivity contribution in [1.29, 1.82) is 0 Å². The molecule has 26 heavy (non-hydrogen) atoms. The minimum atomic E-state index is 0.153. The second kappa shape index (κ2) is 5.98. The van der Waals surface area contributed by atoms with Crippen LogP contribution < -0.4 is 16.4 Å². The van der Waals surface area contributed by atoms with Crippen LogP contribution in [-0.4, -0.2) is 20.5 Å². The SMILES string of the molecule is Nc1c(Nc2cccnc2Cl)ncnc1NC12CC3CC(CC(C3)C1)C2. The maximum absolute atomic E-state index is 6.40. The monoisotopic (exact) mass is 370 g/mol. The molecule has 7 heteroatoms. The molecule has 2 heterocycles. The summed E-state index contributed by atoms with van der Waals surface area (Å²) in [4.78, 5) is 12.8. The average molecular weight is 371 g/mol. The van der Waals surface area contributed by atoms with E-state index in [4.69, 9.17) is 17.3 Å². The lowest BCUT2D eigenvalue weighted by atomic mass is 9.53. The molecule has 2 aromatic rings. The number of nitrogens with one attached hydrogen (secondary N) is 2. The second-order valence-corrected chi connectivity index (χ2v) is 8.63. The highest BCUT2D eigenvalue weighted by Gasteiger charge is 2.51. The van der Waals surface area contributed by atoms with Gasteiger partial charge in [0.2, 0.25) is 0 Å². The second-order valence-electron chi connectivity index (χ2n) is 8.27.